The van der Waals surface area contributed by atoms with Crippen molar-refractivity contribution in [2.45, 2.75) is 51.7 Å². The number of piperidine rings is 1. The van der Waals surface area contributed by atoms with E-state index in [1.807, 2.05) is 6.92 Å². The van der Waals surface area contributed by atoms with E-state index in [9.17, 15) is 27.9 Å². The number of carbonyl (C=O) groups excluding carboxylic acids is 1. The third kappa shape index (κ3) is 3.48. The number of fused-ring (bicyclic) bond motifs is 3. The van der Waals surface area contributed by atoms with Gasteiger partial charge in [0.2, 0.25) is 11.7 Å². The third-order valence-electron chi connectivity index (χ3n) is 6.01. The van der Waals surface area contributed by atoms with Crippen molar-refractivity contribution in [3.63, 3.8) is 0 Å². The lowest BCUT2D eigenvalue weighted by atomic mass is 9.86. The van der Waals surface area contributed by atoms with Crippen molar-refractivity contribution in [3.05, 3.63) is 28.8 Å². The molecule has 30 heavy (non-hydrogen) atoms. The highest BCUT2D eigenvalue weighted by atomic mass is 19.4. The van der Waals surface area contributed by atoms with Gasteiger partial charge in [-0.15, -0.1) is 0 Å². The zero-order valence-electron chi connectivity index (χ0n) is 16.6. The summed E-state index contributed by atoms with van der Waals surface area (Å²) in [4.78, 5) is 24.6. The van der Waals surface area contributed by atoms with E-state index in [-0.39, 0.29) is 41.2 Å². The SMILES string of the molecule is CC(=O)N1CCC(Cn2cc3c(n2)-c2c(oc(C(=O)O)c2C(F)(F)F)CC3C)CC1. The van der Waals surface area contributed by atoms with Gasteiger partial charge in [0.1, 0.15) is 11.3 Å². The van der Waals surface area contributed by atoms with E-state index >= 15 is 0 Å². The Balaban J connectivity index is 1.67. The van der Waals surface area contributed by atoms with Crippen LogP contribution in [0.1, 0.15) is 60.0 Å². The molecule has 3 heterocycles. The van der Waals surface area contributed by atoms with Crippen LogP contribution >= 0.6 is 0 Å². The Morgan fingerprint density at radius 2 is 1.97 bits per heavy atom. The molecule has 0 bridgehead atoms. The molecule has 2 aliphatic rings. The molecule has 10 heteroatoms. The second kappa shape index (κ2) is 7.17. The number of carbonyl (C=O) groups is 2. The summed E-state index contributed by atoms with van der Waals surface area (Å²) in [5, 5.41) is 13.6. The largest absolute Gasteiger partial charge is 0.475 e. The van der Waals surface area contributed by atoms with Crippen LogP contribution in [-0.4, -0.2) is 44.8 Å². The smallest absolute Gasteiger partial charge is 0.421 e. The van der Waals surface area contributed by atoms with Gasteiger partial charge in [-0.05, 0) is 24.7 Å². The molecule has 1 atom stereocenters. The van der Waals surface area contributed by atoms with E-state index in [1.54, 1.807) is 15.8 Å². The maximum Gasteiger partial charge on any atom is 0.421 e. The van der Waals surface area contributed by atoms with Crippen LogP contribution in [0.25, 0.3) is 11.3 Å². The Morgan fingerprint density at radius 1 is 1.30 bits per heavy atom. The topological polar surface area (TPSA) is 88.6 Å². The first-order valence-electron chi connectivity index (χ1n) is 9.85. The lowest BCUT2D eigenvalue weighted by Crippen LogP contribution is -2.38. The van der Waals surface area contributed by atoms with Crippen LogP contribution in [0, 0.1) is 5.92 Å². The van der Waals surface area contributed by atoms with E-state index in [0.29, 0.717) is 25.2 Å². The number of alkyl halides is 3. The molecule has 1 N–H and O–H groups in total. The molecule has 2 aromatic rings. The maximum absolute atomic E-state index is 13.7. The van der Waals surface area contributed by atoms with Gasteiger partial charge in [0.05, 0.1) is 11.3 Å². The number of aromatic nitrogens is 2. The van der Waals surface area contributed by atoms with Crippen molar-refractivity contribution in [2.24, 2.45) is 5.92 Å². The molecule has 0 aromatic carbocycles. The van der Waals surface area contributed by atoms with Crippen molar-refractivity contribution in [1.29, 1.82) is 0 Å². The van der Waals surface area contributed by atoms with Gasteiger partial charge in [-0.1, -0.05) is 6.92 Å². The summed E-state index contributed by atoms with van der Waals surface area (Å²) in [7, 11) is 0. The highest BCUT2D eigenvalue weighted by Gasteiger charge is 2.46. The first-order chi connectivity index (χ1) is 14.1. The molecule has 7 nitrogen and oxygen atoms in total. The van der Waals surface area contributed by atoms with E-state index in [4.69, 9.17) is 4.42 Å². The van der Waals surface area contributed by atoms with Gasteiger partial charge in [-0.25, -0.2) is 4.79 Å². The van der Waals surface area contributed by atoms with Crippen LogP contribution in [0.4, 0.5) is 13.2 Å². The average Bonchev–Trinajstić information content (AvgIpc) is 3.23. The van der Waals surface area contributed by atoms with Crippen LogP contribution in [0.3, 0.4) is 0 Å². The summed E-state index contributed by atoms with van der Waals surface area (Å²) in [5.41, 5.74) is -0.711. The Hall–Kier alpha value is -2.78. The molecule has 1 unspecified atom stereocenters. The first kappa shape index (κ1) is 20.5. The van der Waals surface area contributed by atoms with Gasteiger partial charge >= 0.3 is 12.1 Å². The Kier molecular flexibility index (Phi) is 4.90. The van der Waals surface area contributed by atoms with E-state index in [2.05, 4.69) is 5.10 Å². The fourth-order valence-electron chi connectivity index (χ4n) is 4.46. The molecule has 1 aliphatic carbocycles. The summed E-state index contributed by atoms with van der Waals surface area (Å²) in [6.45, 7) is 5.24. The van der Waals surface area contributed by atoms with Gasteiger partial charge < -0.3 is 14.4 Å². The Morgan fingerprint density at radius 3 is 2.53 bits per heavy atom. The number of amides is 1. The van der Waals surface area contributed by atoms with E-state index in [0.717, 1.165) is 12.8 Å². The fraction of sp³-hybridized carbons (Fsp3) is 0.550. The monoisotopic (exact) mass is 425 g/mol. The van der Waals surface area contributed by atoms with E-state index in [1.165, 1.54) is 6.92 Å². The van der Waals surface area contributed by atoms with Gasteiger partial charge in [-0.3, -0.25) is 9.48 Å². The molecule has 1 saturated heterocycles. The summed E-state index contributed by atoms with van der Waals surface area (Å²) in [6, 6.07) is 0. The van der Waals surface area contributed by atoms with Crippen LogP contribution < -0.4 is 0 Å². The number of hydrogen-bond acceptors (Lipinski definition) is 4. The van der Waals surface area contributed by atoms with Gasteiger partial charge in [0.15, 0.2) is 0 Å². The summed E-state index contributed by atoms with van der Waals surface area (Å²) < 4.78 is 47.9. The summed E-state index contributed by atoms with van der Waals surface area (Å²) in [6.07, 6.45) is -1.33. The molecule has 4 rings (SSSR count). The van der Waals surface area contributed by atoms with Crippen molar-refractivity contribution in [2.75, 3.05) is 13.1 Å². The number of carboxylic acids is 1. The number of likely N-dealkylation sites (tertiary alicyclic amines) is 1. The number of hydrogen-bond donors (Lipinski definition) is 1. The second-order valence-corrected chi connectivity index (χ2v) is 8.12. The third-order valence-corrected chi connectivity index (χ3v) is 6.01. The maximum atomic E-state index is 13.7. The molecular formula is C20H22F3N3O4. The van der Waals surface area contributed by atoms with Gasteiger partial charge in [-0.2, -0.15) is 18.3 Å². The molecule has 0 spiro atoms. The quantitative estimate of drug-likeness (QED) is 0.809. The minimum absolute atomic E-state index is 0.0136. The summed E-state index contributed by atoms with van der Waals surface area (Å²) >= 11 is 0. The number of nitrogens with zero attached hydrogens (tertiary/aromatic N) is 3. The zero-order chi connectivity index (χ0) is 21.8. The highest BCUT2D eigenvalue weighted by molar-refractivity contribution is 5.91. The summed E-state index contributed by atoms with van der Waals surface area (Å²) in [5.74, 6) is -2.66. The number of halogens is 3. The standard InChI is InChI=1S/C20H22F3N3O4/c1-10-7-14-15(16(20(21,22)23)18(30-14)19(28)29)17-13(10)9-26(24-17)8-12-3-5-25(6-4-12)11(2)27/h9-10,12H,3-8H2,1-2H3,(H,28,29). The predicted molar refractivity (Wildman–Crippen MR) is 99.0 cm³/mol. The Bertz CT molecular complexity index is 1000. The number of furan rings is 1. The van der Waals surface area contributed by atoms with Crippen LogP contribution in [-0.2, 0) is 23.9 Å². The minimum Gasteiger partial charge on any atom is -0.475 e. The zero-order valence-corrected chi connectivity index (χ0v) is 16.6. The van der Waals surface area contributed by atoms with Crippen LogP contribution in [0.2, 0.25) is 0 Å². The highest BCUT2D eigenvalue weighted by Crippen LogP contribution is 2.48. The average molecular weight is 425 g/mol. The van der Waals surface area contributed by atoms with Crippen molar-refractivity contribution in [3.8, 4) is 11.3 Å². The molecule has 162 valence electrons. The minimum atomic E-state index is -4.87. The van der Waals surface area contributed by atoms with Gasteiger partial charge in [0.25, 0.3) is 0 Å². The van der Waals surface area contributed by atoms with Crippen molar-refractivity contribution < 1.29 is 32.3 Å². The first-order valence-corrected chi connectivity index (χ1v) is 9.85. The molecule has 0 radical (unpaired) electrons. The lowest BCUT2D eigenvalue weighted by Gasteiger charge is -2.31. The molecule has 1 fully saturated rings. The van der Waals surface area contributed by atoms with Gasteiger partial charge in [0, 0.05) is 44.7 Å². The van der Waals surface area contributed by atoms with E-state index < -0.39 is 23.5 Å². The van der Waals surface area contributed by atoms with Crippen molar-refractivity contribution >= 4 is 11.9 Å². The molecule has 2 aromatic heterocycles. The number of aromatic carboxylic acids is 1. The van der Waals surface area contributed by atoms with Crippen LogP contribution in [0.5, 0.6) is 0 Å². The van der Waals surface area contributed by atoms with Crippen LogP contribution in [0.15, 0.2) is 10.6 Å². The number of carboxylic acid groups (broad SMARTS) is 1. The second-order valence-electron chi connectivity index (χ2n) is 8.12. The normalized spacial score (nSPS) is 19.5. The molecule has 0 saturated carbocycles. The fourth-order valence-corrected chi connectivity index (χ4v) is 4.46. The molecular weight excluding hydrogens is 403 g/mol. The molecule has 1 aliphatic heterocycles. The lowest BCUT2D eigenvalue weighted by molar-refractivity contribution is -0.138. The van der Waals surface area contributed by atoms with Crippen molar-refractivity contribution in [1.82, 2.24) is 14.7 Å². The molecule has 1 amide bonds. The predicted octanol–water partition coefficient (Wildman–Crippen LogP) is 3.78. The number of rotatable bonds is 3. The Labute approximate surface area is 170 Å².